The van der Waals surface area contributed by atoms with Crippen molar-refractivity contribution in [2.45, 2.75) is 4.90 Å². The molecule has 0 radical (unpaired) electrons. The van der Waals surface area contributed by atoms with Crippen molar-refractivity contribution in [3.8, 4) is 5.69 Å². The summed E-state index contributed by atoms with van der Waals surface area (Å²) in [4.78, 5) is 14.4. The molecule has 0 saturated carbocycles. The summed E-state index contributed by atoms with van der Waals surface area (Å²) in [5.41, 5.74) is 1.50. The average molecular weight is 448 g/mol. The van der Waals surface area contributed by atoms with Gasteiger partial charge in [-0.15, -0.1) is 0 Å². The quantitative estimate of drug-likeness (QED) is 0.615. The van der Waals surface area contributed by atoms with Crippen molar-refractivity contribution in [3.05, 3.63) is 83.4 Å². The number of halogens is 2. The predicted octanol–water partition coefficient (Wildman–Crippen LogP) is 3.42. The average Bonchev–Trinajstić information content (AvgIpc) is 3.30. The maximum atomic E-state index is 13.3. The molecule has 1 aliphatic rings. The number of amides is 1. The number of rotatable bonds is 4. The van der Waals surface area contributed by atoms with Crippen molar-refractivity contribution < 1.29 is 17.6 Å². The predicted molar refractivity (Wildman–Crippen MR) is 112 cm³/mol. The number of sulfonamides is 1. The first kappa shape index (κ1) is 20.6. The van der Waals surface area contributed by atoms with E-state index in [0.29, 0.717) is 5.56 Å². The summed E-state index contributed by atoms with van der Waals surface area (Å²) in [5.74, 6) is -0.815. The van der Waals surface area contributed by atoms with Crippen LogP contribution in [0.4, 0.5) is 4.39 Å². The largest absolute Gasteiger partial charge is 0.336 e. The van der Waals surface area contributed by atoms with Crippen LogP contribution in [0.1, 0.15) is 10.4 Å². The van der Waals surface area contributed by atoms with E-state index < -0.39 is 15.8 Å². The van der Waals surface area contributed by atoms with Gasteiger partial charge in [-0.2, -0.15) is 4.31 Å². The first-order valence-electron chi connectivity index (χ1n) is 9.34. The molecule has 1 aromatic heterocycles. The molecule has 1 aliphatic heterocycles. The fraction of sp³-hybridized carbons (Fsp3) is 0.190. The molecule has 9 heteroatoms. The van der Waals surface area contributed by atoms with Crippen LogP contribution in [-0.4, -0.2) is 54.3 Å². The third kappa shape index (κ3) is 3.98. The van der Waals surface area contributed by atoms with E-state index in [4.69, 9.17) is 11.6 Å². The van der Waals surface area contributed by atoms with Crippen molar-refractivity contribution in [2.24, 2.45) is 0 Å². The third-order valence-electron chi connectivity index (χ3n) is 5.07. The summed E-state index contributed by atoms with van der Waals surface area (Å²) in [5, 5.41) is -0.242. The summed E-state index contributed by atoms with van der Waals surface area (Å²) in [6.45, 7) is 0.855. The molecule has 0 aliphatic carbocycles. The van der Waals surface area contributed by atoms with E-state index in [1.807, 2.05) is 41.2 Å². The molecular weight excluding hydrogens is 429 g/mol. The lowest BCUT2D eigenvalue weighted by Gasteiger charge is -2.34. The van der Waals surface area contributed by atoms with Crippen LogP contribution in [0.5, 0.6) is 0 Å². The number of carbonyl (C=O) groups is 1. The smallest absolute Gasteiger partial charge is 0.253 e. The van der Waals surface area contributed by atoms with Crippen LogP contribution in [0.2, 0.25) is 5.02 Å². The molecule has 0 N–H and O–H groups in total. The zero-order valence-electron chi connectivity index (χ0n) is 15.9. The Morgan fingerprint density at radius 3 is 2.17 bits per heavy atom. The first-order valence-corrected chi connectivity index (χ1v) is 11.2. The van der Waals surface area contributed by atoms with Crippen LogP contribution < -0.4 is 0 Å². The zero-order chi connectivity index (χ0) is 21.3. The van der Waals surface area contributed by atoms with Gasteiger partial charge in [-0.3, -0.25) is 4.79 Å². The molecule has 0 bridgehead atoms. The fourth-order valence-electron chi connectivity index (χ4n) is 3.38. The number of hydrogen-bond acceptors (Lipinski definition) is 3. The minimum Gasteiger partial charge on any atom is -0.336 e. The van der Waals surface area contributed by atoms with E-state index in [1.54, 1.807) is 17.0 Å². The van der Waals surface area contributed by atoms with Gasteiger partial charge >= 0.3 is 0 Å². The van der Waals surface area contributed by atoms with Gasteiger partial charge in [-0.1, -0.05) is 11.6 Å². The number of nitrogens with zero attached hydrogens (tertiary/aromatic N) is 3. The summed E-state index contributed by atoms with van der Waals surface area (Å²) in [6.07, 6.45) is 3.84. The van der Waals surface area contributed by atoms with Crippen molar-refractivity contribution >= 4 is 27.5 Å². The molecule has 2 aromatic carbocycles. The van der Waals surface area contributed by atoms with Crippen LogP contribution in [0.25, 0.3) is 5.69 Å². The van der Waals surface area contributed by atoms with Crippen LogP contribution >= 0.6 is 11.6 Å². The van der Waals surface area contributed by atoms with E-state index in [0.717, 1.165) is 17.8 Å². The first-order chi connectivity index (χ1) is 14.4. The normalized spacial score (nSPS) is 15.3. The highest BCUT2D eigenvalue weighted by molar-refractivity contribution is 7.89. The highest BCUT2D eigenvalue weighted by Crippen LogP contribution is 2.23. The lowest BCUT2D eigenvalue weighted by atomic mass is 10.1. The van der Waals surface area contributed by atoms with E-state index in [-0.39, 0.29) is 42.0 Å². The van der Waals surface area contributed by atoms with Crippen molar-refractivity contribution in [1.82, 2.24) is 13.8 Å². The Morgan fingerprint density at radius 2 is 1.57 bits per heavy atom. The Labute approximate surface area is 179 Å². The van der Waals surface area contributed by atoms with Gasteiger partial charge < -0.3 is 9.47 Å². The second-order valence-corrected chi connectivity index (χ2v) is 9.25. The van der Waals surface area contributed by atoms with Gasteiger partial charge in [0.1, 0.15) is 5.82 Å². The second-order valence-electron chi connectivity index (χ2n) is 6.91. The van der Waals surface area contributed by atoms with Crippen molar-refractivity contribution in [2.75, 3.05) is 26.2 Å². The summed E-state index contributed by atoms with van der Waals surface area (Å²) in [6, 6.07) is 14.4. The Balaban J connectivity index is 1.42. The van der Waals surface area contributed by atoms with E-state index in [9.17, 15) is 17.6 Å². The maximum Gasteiger partial charge on any atom is 0.253 e. The highest BCUT2D eigenvalue weighted by atomic mass is 35.5. The van der Waals surface area contributed by atoms with Crippen molar-refractivity contribution in [1.29, 1.82) is 0 Å². The monoisotopic (exact) mass is 447 g/mol. The number of piperazine rings is 1. The fourth-order valence-corrected chi connectivity index (χ4v) is 5.08. The van der Waals surface area contributed by atoms with Gasteiger partial charge in [0.05, 0.1) is 9.92 Å². The summed E-state index contributed by atoms with van der Waals surface area (Å²) >= 11 is 5.72. The van der Waals surface area contributed by atoms with E-state index >= 15 is 0 Å². The molecule has 1 amide bonds. The van der Waals surface area contributed by atoms with Crippen molar-refractivity contribution in [3.63, 3.8) is 0 Å². The summed E-state index contributed by atoms with van der Waals surface area (Å²) in [7, 11) is -3.80. The standard InChI is InChI=1S/C21H19ClFN3O3S/c22-19-15-18(7-8-20(19)23)30(28,29)26-13-11-25(12-14-26)21(27)16-3-5-17(6-4-16)24-9-1-2-10-24/h1-10,15H,11-14H2. The number of benzene rings is 2. The van der Waals surface area contributed by atoms with E-state index in [1.165, 1.54) is 10.4 Å². The molecule has 0 unspecified atom stereocenters. The van der Waals surface area contributed by atoms with Crippen LogP contribution in [0, 0.1) is 5.82 Å². The molecule has 0 spiro atoms. The SMILES string of the molecule is O=C(c1ccc(-n2cccc2)cc1)N1CCN(S(=O)(=O)c2ccc(F)c(Cl)c2)CC1. The molecule has 3 aromatic rings. The van der Waals surface area contributed by atoms with E-state index in [2.05, 4.69) is 0 Å². The van der Waals surface area contributed by atoms with Gasteiger partial charge in [0, 0.05) is 49.8 Å². The molecule has 0 atom stereocenters. The molecule has 1 saturated heterocycles. The molecule has 30 heavy (non-hydrogen) atoms. The number of carbonyl (C=O) groups excluding carboxylic acids is 1. The second kappa shape index (κ2) is 8.22. The highest BCUT2D eigenvalue weighted by Gasteiger charge is 2.30. The molecule has 156 valence electrons. The van der Waals surface area contributed by atoms with Gasteiger partial charge in [0.15, 0.2) is 0 Å². The third-order valence-corrected chi connectivity index (χ3v) is 7.26. The molecule has 4 rings (SSSR count). The lowest BCUT2D eigenvalue weighted by molar-refractivity contribution is 0.0698. The molecule has 1 fully saturated rings. The van der Waals surface area contributed by atoms with Gasteiger partial charge in [0.2, 0.25) is 10.0 Å². The zero-order valence-corrected chi connectivity index (χ0v) is 17.5. The Morgan fingerprint density at radius 1 is 0.933 bits per heavy atom. The molecular formula is C21H19ClFN3O3S. The Hall–Kier alpha value is -2.68. The topological polar surface area (TPSA) is 62.6 Å². The molecule has 6 nitrogen and oxygen atoms in total. The van der Waals surface area contributed by atoms with Gasteiger partial charge in [0.25, 0.3) is 5.91 Å². The van der Waals surface area contributed by atoms with Crippen LogP contribution in [0.3, 0.4) is 0 Å². The lowest BCUT2D eigenvalue weighted by Crippen LogP contribution is -2.50. The number of hydrogen-bond donors (Lipinski definition) is 0. The van der Waals surface area contributed by atoms with Crippen LogP contribution in [0.15, 0.2) is 71.9 Å². The van der Waals surface area contributed by atoms with Gasteiger partial charge in [-0.05, 0) is 54.6 Å². The Bertz CT molecular complexity index is 1160. The minimum absolute atomic E-state index is 0.0609. The summed E-state index contributed by atoms with van der Waals surface area (Å²) < 4.78 is 42.2. The van der Waals surface area contributed by atoms with Crippen LogP contribution in [-0.2, 0) is 10.0 Å². The maximum absolute atomic E-state index is 13.3. The Kier molecular flexibility index (Phi) is 5.64. The minimum atomic E-state index is -3.80. The number of aromatic nitrogens is 1. The van der Waals surface area contributed by atoms with Gasteiger partial charge in [-0.25, -0.2) is 12.8 Å². The molecule has 2 heterocycles.